The number of aromatic nitrogens is 3. The van der Waals surface area contributed by atoms with E-state index < -0.39 is 5.56 Å². The van der Waals surface area contributed by atoms with Gasteiger partial charge < -0.3 is 10.6 Å². The van der Waals surface area contributed by atoms with Gasteiger partial charge >= 0.3 is 0 Å². The predicted octanol–water partition coefficient (Wildman–Crippen LogP) is 3.14. The number of aryl methyl sites for hydroxylation is 2. The lowest BCUT2D eigenvalue weighted by Gasteiger charge is -2.11. The Labute approximate surface area is 177 Å². The molecule has 3 rings (SSSR count). The number of hydrogen-bond donors (Lipinski definition) is 3. The minimum absolute atomic E-state index is 0.0697. The van der Waals surface area contributed by atoms with Gasteiger partial charge in [-0.2, -0.15) is 0 Å². The van der Waals surface area contributed by atoms with Gasteiger partial charge in [-0.05, 0) is 31.0 Å². The molecular formula is C21H21N5O3S. The molecule has 1 heterocycles. The second kappa shape index (κ2) is 9.36. The van der Waals surface area contributed by atoms with Gasteiger partial charge in [-0.15, -0.1) is 10.2 Å². The molecule has 0 bridgehead atoms. The summed E-state index contributed by atoms with van der Waals surface area (Å²) in [6, 6.07) is 12.6. The standard InChI is InChI=1S/C21H21N5O3S/c1-12-7-6-8-13(2)18(12)23-17(28)11-30-21-24-20(29)19(25-26-21)15-9-4-5-10-16(15)22-14(3)27/h4-10H,11H2,1-3H3,(H,22,27)(H,23,28)(H,24,26,29). The topological polar surface area (TPSA) is 117 Å². The molecule has 3 aromatic rings. The molecule has 0 unspecified atom stereocenters. The second-order valence-corrected chi connectivity index (χ2v) is 7.60. The summed E-state index contributed by atoms with van der Waals surface area (Å²) < 4.78 is 0. The first kappa shape index (κ1) is 21.3. The van der Waals surface area contributed by atoms with E-state index in [-0.39, 0.29) is 28.4 Å². The van der Waals surface area contributed by atoms with E-state index >= 15 is 0 Å². The summed E-state index contributed by atoms with van der Waals surface area (Å²) in [6.07, 6.45) is 0. The van der Waals surface area contributed by atoms with Crippen molar-refractivity contribution in [2.75, 3.05) is 16.4 Å². The number of para-hydroxylation sites is 2. The number of nitrogens with one attached hydrogen (secondary N) is 3. The van der Waals surface area contributed by atoms with E-state index in [0.717, 1.165) is 28.6 Å². The van der Waals surface area contributed by atoms with Gasteiger partial charge in [0.15, 0.2) is 10.9 Å². The van der Waals surface area contributed by atoms with Crippen molar-refractivity contribution in [3.8, 4) is 11.3 Å². The molecule has 0 saturated heterocycles. The molecule has 30 heavy (non-hydrogen) atoms. The Morgan fingerprint density at radius 3 is 2.37 bits per heavy atom. The van der Waals surface area contributed by atoms with Crippen LogP contribution in [0.25, 0.3) is 11.3 Å². The summed E-state index contributed by atoms with van der Waals surface area (Å²) in [5.74, 6) is -0.394. The van der Waals surface area contributed by atoms with E-state index in [2.05, 4.69) is 25.8 Å². The maximum atomic E-state index is 12.5. The van der Waals surface area contributed by atoms with Gasteiger partial charge in [-0.25, -0.2) is 0 Å². The summed E-state index contributed by atoms with van der Waals surface area (Å²) in [5.41, 5.74) is 3.30. The van der Waals surface area contributed by atoms with Crippen LogP contribution in [0.2, 0.25) is 0 Å². The Morgan fingerprint density at radius 1 is 1.00 bits per heavy atom. The Bertz CT molecular complexity index is 1140. The highest BCUT2D eigenvalue weighted by Gasteiger charge is 2.14. The number of thioether (sulfide) groups is 1. The minimum Gasteiger partial charge on any atom is -0.326 e. The average molecular weight is 423 g/mol. The molecule has 3 N–H and O–H groups in total. The van der Waals surface area contributed by atoms with Gasteiger partial charge in [0.25, 0.3) is 5.56 Å². The van der Waals surface area contributed by atoms with Crippen LogP contribution in [0, 0.1) is 13.8 Å². The second-order valence-electron chi connectivity index (χ2n) is 6.64. The summed E-state index contributed by atoms with van der Waals surface area (Å²) in [7, 11) is 0. The lowest BCUT2D eigenvalue weighted by atomic mass is 10.1. The number of rotatable bonds is 6. The Morgan fingerprint density at radius 2 is 1.70 bits per heavy atom. The third kappa shape index (κ3) is 5.12. The van der Waals surface area contributed by atoms with Crippen LogP contribution in [-0.4, -0.2) is 32.7 Å². The maximum absolute atomic E-state index is 12.5. The Balaban J connectivity index is 1.72. The molecule has 0 atom stereocenters. The number of hydrogen-bond acceptors (Lipinski definition) is 6. The molecule has 0 saturated carbocycles. The van der Waals surface area contributed by atoms with E-state index in [0.29, 0.717) is 11.3 Å². The van der Waals surface area contributed by atoms with Gasteiger partial charge in [0.1, 0.15) is 0 Å². The van der Waals surface area contributed by atoms with E-state index in [1.165, 1.54) is 6.92 Å². The molecule has 2 amide bonds. The number of H-pyrrole nitrogens is 1. The van der Waals surface area contributed by atoms with Crippen LogP contribution in [0.5, 0.6) is 0 Å². The lowest BCUT2D eigenvalue weighted by Crippen LogP contribution is -2.18. The normalized spacial score (nSPS) is 10.5. The minimum atomic E-state index is -0.458. The zero-order chi connectivity index (χ0) is 21.7. The summed E-state index contributed by atoms with van der Waals surface area (Å²) in [6.45, 7) is 5.24. The third-order valence-electron chi connectivity index (χ3n) is 4.25. The summed E-state index contributed by atoms with van der Waals surface area (Å²) in [5, 5.41) is 13.8. The molecule has 0 aliphatic heterocycles. The van der Waals surface area contributed by atoms with Gasteiger partial charge in [-0.3, -0.25) is 19.4 Å². The van der Waals surface area contributed by atoms with Gasteiger partial charge in [-0.1, -0.05) is 48.2 Å². The number of benzene rings is 2. The van der Waals surface area contributed by atoms with Crippen LogP contribution in [-0.2, 0) is 9.59 Å². The highest BCUT2D eigenvalue weighted by molar-refractivity contribution is 7.99. The van der Waals surface area contributed by atoms with E-state index in [1.807, 2.05) is 32.0 Å². The average Bonchev–Trinajstić information content (AvgIpc) is 2.70. The highest BCUT2D eigenvalue weighted by atomic mass is 32.2. The van der Waals surface area contributed by atoms with E-state index in [1.54, 1.807) is 24.3 Å². The Kier molecular flexibility index (Phi) is 6.63. The molecular weight excluding hydrogens is 402 g/mol. The van der Waals surface area contributed by atoms with Crippen molar-refractivity contribution in [1.82, 2.24) is 15.2 Å². The zero-order valence-electron chi connectivity index (χ0n) is 16.8. The van der Waals surface area contributed by atoms with E-state index in [9.17, 15) is 14.4 Å². The van der Waals surface area contributed by atoms with Crippen LogP contribution in [0.4, 0.5) is 11.4 Å². The van der Waals surface area contributed by atoms with Crippen molar-refractivity contribution in [2.45, 2.75) is 25.9 Å². The first-order valence-electron chi connectivity index (χ1n) is 9.18. The highest BCUT2D eigenvalue weighted by Crippen LogP contribution is 2.24. The molecule has 0 fully saturated rings. The van der Waals surface area contributed by atoms with E-state index in [4.69, 9.17) is 0 Å². The monoisotopic (exact) mass is 423 g/mol. The van der Waals surface area contributed by atoms with Crippen LogP contribution >= 0.6 is 11.8 Å². The smallest absolute Gasteiger partial charge is 0.278 e. The van der Waals surface area contributed by atoms with Crippen LogP contribution in [0.1, 0.15) is 18.1 Å². The van der Waals surface area contributed by atoms with Crippen LogP contribution < -0.4 is 16.2 Å². The molecule has 2 aromatic carbocycles. The fraction of sp³-hybridized carbons (Fsp3) is 0.190. The molecule has 0 aliphatic rings. The number of aromatic amines is 1. The number of amides is 2. The molecule has 0 radical (unpaired) electrons. The van der Waals surface area contributed by atoms with Gasteiger partial charge in [0.05, 0.1) is 11.4 Å². The van der Waals surface area contributed by atoms with Crippen molar-refractivity contribution in [2.24, 2.45) is 0 Å². The third-order valence-corrected chi connectivity index (χ3v) is 5.12. The first-order chi connectivity index (χ1) is 14.3. The summed E-state index contributed by atoms with van der Waals surface area (Å²) >= 11 is 1.08. The number of anilines is 2. The lowest BCUT2D eigenvalue weighted by molar-refractivity contribution is -0.114. The molecule has 9 heteroatoms. The zero-order valence-corrected chi connectivity index (χ0v) is 17.6. The van der Waals surface area contributed by atoms with Crippen LogP contribution in [0.3, 0.4) is 0 Å². The fourth-order valence-electron chi connectivity index (χ4n) is 2.87. The van der Waals surface area contributed by atoms with Crippen molar-refractivity contribution in [3.63, 3.8) is 0 Å². The van der Waals surface area contributed by atoms with Crippen molar-refractivity contribution in [3.05, 3.63) is 63.9 Å². The number of carbonyl (C=O) groups excluding carboxylic acids is 2. The van der Waals surface area contributed by atoms with Crippen molar-refractivity contribution >= 4 is 35.0 Å². The number of carbonyl (C=O) groups is 2. The van der Waals surface area contributed by atoms with Crippen molar-refractivity contribution < 1.29 is 9.59 Å². The summed E-state index contributed by atoms with van der Waals surface area (Å²) in [4.78, 5) is 38.8. The number of nitrogens with zero attached hydrogens (tertiary/aromatic N) is 2. The fourth-order valence-corrected chi connectivity index (χ4v) is 3.48. The maximum Gasteiger partial charge on any atom is 0.278 e. The quantitative estimate of drug-likeness (QED) is 0.525. The molecule has 0 spiro atoms. The first-order valence-corrected chi connectivity index (χ1v) is 10.2. The van der Waals surface area contributed by atoms with Gasteiger partial charge in [0.2, 0.25) is 11.8 Å². The van der Waals surface area contributed by atoms with Crippen LogP contribution in [0.15, 0.2) is 52.4 Å². The molecule has 8 nitrogen and oxygen atoms in total. The molecule has 0 aliphatic carbocycles. The largest absolute Gasteiger partial charge is 0.326 e. The van der Waals surface area contributed by atoms with Gasteiger partial charge in [0, 0.05) is 18.2 Å². The molecule has 1 aromatic heterocycles. The Hall–Kier alpha value is -3.46. The molecule has 154 valence electrons. The predicted molar refractivity (Wildman–Crippen MR) is 118 cm³/mol. The van der Waals surface area contributed by atoms with Crippen molar-refractivity contribution in [1.29, 1.82) is 0 Å². The SMILES string of the molecule is CC(=O)Nc1ccccc1-c1nnc(SCC(=O)Nc2c(C)cccc2C)[nH]c1=O.